The fourth-order valence-electron chi connectivity index (χ4n) is 1.87. The van der Waals surface area contributed by atoms with Gasteiger partial charge in [0.25, 0.3) is 14.2 Å². The summed E-state index contributed by atoms with van der Waals surface area (Å²) in [6.45, 7) is 16.2. The third-order valence-electron chi connectivity index (χ3n) is 4.40. The Bertz CT molecular complexity index is 534. The van der Waals surface area contributed by atoms with Crippen molar-refractivity contribution in [1.82, 2.24) is 4.90 Å². The van der Waals surface area contributed by atoms with Crippen molar-refractivity contribution in [1.29, 1.82) is 0 Å². The third kappa shape index (κ3) is 4.26. The van der Waals surface area contributed by atoms with Crippen LogP contribution >= 0.6 is 11.6 Å². The van der Waals surface area contributed by atoms with Crippen LogP contribution in [0.1, 0.15) is 45.0 Å². The molecule has 1 aromatic carbocycles. The molecular formula is C17H28ClNO2Si. The van der Waals surface area contributed by atoms with Crippen LogP contribution in [0.4, 0.5) is 0 Å². The number of carbonyl (C=O) groups excluding carboxylic acids is 1. The molecule has 0 aliphatic carbocycles. The molecule has 0 bridgehead atoms. The van der Waals surface area contributed by atoms with E-state index in [0.29, 0.717) is 29.4 Å². The van der Waals surface area contributed by atoms with Crippen molar-refractivity contribution in [3.63, 3.8) is 0 Å². The van der Waals surface area contributed by atoms with E-state index in [1.54, 1.807) is 23.1 Å². The Morgan fingerprint density at radius 1 is 1.23 bits per heavy atom. The van der Waals surface area contributed by atoms with E-state index < -0.39 is 8.32 Å². The van der Waals surface area contributed by atoms with Crippen LogP contribution in [0.2, 0.25) is 23.2 Å². The van der Waals surface area contributed by atoms with Crippen LogP contribution < -0.4 is 4.43 Å². The van der Waals surface area contributed by atoms with Gasteiger partial charge in [-0.15, -0.1) is 0 Å². The fraction of sp³-hybridized carbons (Fsp3) is 0.588. The average molecular weight is 342 g/mol. The quantitative estimate of drug-likeness (QED) is 0.688. The summed E-state index contributed by atoms with van der Waals surface area (Å²) < 4.78 is 6.35. The Morgan fingerprint density at radius 2 is 1.77 bits per heavy atom. The van der Waals surface area contributed by atoms with Gasteiger partial charge in [-0.2, -0.15) is 0 Å². The molecule has 0 radical (unpaired) electrons. The highest BCUT2D eigenvalue weighted by Gasteiger charge is 2.39. The summed E-state index contributed by atoms with van der Waals surface area (Å²) in [6, 6.07) is 5.28. The number of amides is 1. The molecule has 0 unspecified atom stereocenters. The Morgan fingerprint density at radius 3 is 2.23 bits per heavy atom. The second-order valence-electron chi connectivity index (χ2n) is 6.98. The summed E-state index contributed by atoms with van der Waals surface area (Å²) in [7, 11) is -2.03. The van der Waals surface area contributed by atoms with E-state index in [1.807, 2.05) is 13.8 Å². The van der Waals surface area contributed by atoms with Crippen LogP contribution in [0.5, 0.6) is 5.75 Å². The highest BCUT2D eigenvalue weighted by Crippen LogP contribution is 2.39. The van der Waals surface area contributed by atoms with Gasteiger partial charge in [0.05, 0.1) is 5.56 Å². The Kier molecular flexibility index (Phi) is 6.10. The van der Waals surface area contributed by atoms with Crippen LogP contribution in [0, 0.1) is 0 Å². The number of nitrogens with zero attached hydrogens (tertiary/aromatic N) is 1. The molecular weight excluding hydrogens is 314 g/mol. The van der Waals surface area contributed by atoms with Gasteiger partial charge in [0.1, 0.15) is 5.75 Å². The summed E-state index contributed by atoms with van der Waals surface area (Å²) in [5.74, 6) is 0.603. The van der Waals surface area contributed by atoms with Gasteiger partial charge in [-0.25, -0.2) is 0 Å². The number of hydrogen-bond donors (Lipinski definition) is 0. The Hall–Kier alpha value is -1.00. The molecule has 0 fully saturated rings. The topological polar surface area (TPSA) is 29.5 Å². The summed E-state index contributed by atoms with van der Waals surface area (Å²) in [4.78, 5) is 14.5. The van der Waals surface area contributed by atoms with Gasteiger partial charge in [0.15, 0.2) is 0 Å². The first-order chi connectivity index (χ1) is 10.0. The lowest BCUT2D eigenvalue weighted by Crippen LogP contribution is -2.44. The second-order valence-corrected chi connectivity index (χ2v) is 12.1. The minimum absolute atomic E-state index is 0.00428. The van der Waals surface area contributed by atoms with E-state index in [-0.39, 0.29) is 10.9 Å². The number of benzene rings is 1. The van der Waals surface area contributed by atoms with Crippen LogP contribution in [0.25, 0.3) is 0 Å². The fourth-order valence-corrected chi connectivity index (χ4v) is 3.05. The van der Waals surface area contributed by atoms with Gasteiger partial charge in [-0.3, -0.25) is 4.79 Å². The van der Waals surface area contributed by atoms with Crippen molar-refractivity contribution in [3.05, 3.63) is 28.8 Å². The molecule has 0 saturated carbocycles. The maximum atomic E-state index is 12.7. The Labute approximate surface area is 140 Å². The van der Waals surface area contributed by atoms with Crippen molar-refractivity contribution in [2.24, 2.45) is 0 Å². The van der Waals surface area contributed by atoms with Crippen LogP contribution in [0.15, 0.2) is 18.2 Å². The molecule has 0 aromatic heterocycles. The summed E-state index contributed by atoms with van der Waals surface area (Å²) in [5.41, 5.74) is 0.595. The molecule has 1 amide bonds. The minimum atomic E-state index is -2.03. The van der Waals surface area contributed by atoms with Crippen LogP contribution in [0.3, 0.4) is 0 Å². The highest BCUT2D eigenvalue weighted by atomic mass is 35.5. The highest BCUT2D eigenvalue weighted by molar-refractivity contribution is 6.74. The SMILES string of the molecule is CCN(CC)C(=O)c1ccc(Cl)cc1O[Si](C)(C)C(C)(C)C. The lowest BCUT2D eigenvalue weighted by atomic mass is 10.1. The van der Waals surface area contributed by atoms with Crippen molar-refractivity contribution in [2.75, 3.05) is 13.1 Å². The first-order valence-electron chi connectivity index (χ1n) is 7.81. The van der Waals surface area contributed by atoms with Crippen LogP contribution in [-0.4, -0.2) is 32.2 Å². The van der Waals surface area contributed by atoms with E-state index in [2.05, 4.69) is 33.9 Å². The maximum Gasteiger partial charge on any atom is 0.257 e. The molecule has 0 saturated heterocycles. The van der Waals surface area contributed by atoms with Crippen molar-refractivity contribution in [3.8, 4) is 5.75 Å². The predicted molar refractivity (Wildman–Crippen MR) is 96.5 cm³/mol. The molecule has 124 valence electrons. The predicted octanol–water partition coefficient (Wildman–Crippen LogP) is 5.21. The monoisotopic (exact) mass is 341 g/mol. The van der Waals surface area contributed by atoms with E-state index in [1.165, 1.54) is 0 Å². The Balaban J connectivity index is 3.25. The van der Waals surface area contributed by atoms with E-state index in [9.17, 15) is 4.79 Å². The molecule has 0 aliphatic rings. The first-order valence-corrected chi connectivity index (χ1v) is 11.1. The summed E-state index contributed by atoms with van der Waals surface area (Å²) in [5, 5.41) is 0.648. The molecule has 0 spiro atoms. The van der Waals surface area contributed by atoms with Gasteiger partial charge in [-0.1, -0.05) is 32.4 Å². The van der Waals surface area contributed by atoms with Crippen molar-refractivity contribution >= 4 is 25.8 Å². The van der Waals surface area contributed by atoms with Gasteiger partial charge in [0, 0.05) is 18.1 Å². The van der Waals surface area contributed by atoms with E-state index >= 15 is 0 Å². The zero-order chi connectivity index (χ0) is 17.1. The minimum Gasteiger partial charge on any atom is -0.543 e. The molecule has 0 aliphatic heterocycles. The zero-order valence-corrected chi connectivity index (χ0v) is 16.5. The average Bonchev–Trinajstić information content (AvgIpc) is 2.38. The maximum absolute atomic E-state index is 12.7. The number of halogens is 1. The van der Waals surface area contributed by atoms with Gasteiger partial charge in [-0.05, 0) is 50.2 Å². The smallest absolute Gasteiger partial charge is 0.257 e. The van der Waals surface area contributed by atoms with E-state index in [4.69, 9.17) is 16.0 Å². The van der Waals surface area contributed by atoms with Crippen molar-refractivity contribution in [2.45, 2.75) is 52.8 Å². The molecule has 0 N–H and O–H groups in total. The molecule has 0 heterocycles. The summed E-state index contributed by atoms with van der Waals surface area (Å²) >= 11 is 6.12. The third-order valence-corrected chi connectivity index (χ3v) is 8.97. The summed E-state index contributed by atoms with van der Waals surface area (Å²) in [6.07, 6.45) is 0. The van der Waals surface area contributed by atoms with Crippen LogP contribution in [-0.2, 0) is 0 Å². The molecule has 22 heavy (non-hydrogen) atoms. The molecule has 0 atom stereocenters. The largest absolute Gasteiger partial charge is 0.543 e. The molecule has 1 rings (SSSR count). The number of carbonyl (C=O) groups is 1. The standard InChI is InChI=1S/C17H28ClNO2Si/c1-8-19(9-2)16(20)14-11-10-13(18)12-15(14)21-22(6,7)17(3,4)5/h10-12H,8-9H2,1-7H3. The van der Waals surface area contributed by atoms with Gasteiger partial charge in [0.2, 0.25) is 0 Å². The number of rotatable bonds is 5. The molecule has 3 nitrogen and oxygen atoms in total. The molecule has 1 aromatic rings. The van der Waals surface area contributed by atoms with Gasteiger partial charge >= 0.3 is 0 Å². The first kappa shape index (κ1) is 19.0. The number of hydrogen-bond acceptors (Lipinski definition) is 2. The van der Waals surface area contributed by atoms with E-state index in [0.717, 1.165) is 0 Å². The zero-order valence-electron chi connectivity index (χ0n) is 14.8. The lowest BCUT2D eigenvalue weighted by molar-refractivity contribution is 0.0771. The van der Waals surface area contributed by atoms with Gasteiger partial charge < -0.3 is 9.33 Å². The molecule has 5 heteroatoms. The normalized spacial score (nSPS) is 12.2. The lowest BCUT2D eigenvalue weighted by Gasteiger charge is -2.37. The van der Waals surface area contributed by atoms with Crippen molar-refractivity contribution < 1.29 is 9.22 Å². The second kappa shape index (κ2) is 7.05.